The van der Waals surface area contributed by atoms with Crippen molar-refractivity contribution in [2.24, 2.45) is 0 Å². The first kappa shape index (κ1) is 15.5. The Morgan fingerprint density at radius 2 is 2.22 bits per heavy atom. The summed E-state index contributed by atoms with van der Waals surface area (Å²) in [6.45, 7) is 1.74. The van der Waals surface area contributed by atoms with Crippen LogP contribution in [-0.4, -0.2) is 15.4 Å². The molecule has 0 saturated heterocycles. The lowest BCUT2D eigenvalue weighted by Gasteiger charge is -2.06. The fraction of sp³-hybridized carbons (Fsp3) is 0.133. The highest BCUT2D eigenvalue weighted by Gasteiger charge is 2.11. The maximum absolute atomic E-state index is 12.0. The number of nitrogens with zero attached hydrogens (tertiary/aromatic N) is 2. The number of carbonyl (C=O) groups is 1. The minimum absolute atomic E-state index is 0.0932. The number of thiazole rings is 1. The van der Waals surface area contributed by atoms with Gasteiger partial charge in [0.05, 0.1) is 22.0 Å². The van der Waals surface area contributed by atoms with Gasteiger partial charge in [0, 0.05) is 17.1 Å². The van der Waals surface area contributed by atoms with Crippen LogP contribution < -0.4 is 11.3 Å². The predicted octanol–water partition coefficient (Wildman–Crippen LogP) is 2.66. The number of hydrogen-bond acceptors (Lipinski definition) is 6. The molecule has 0 bridgehead atoms. The predicted molar refractivity (Wildman–Crippen MR) is 89.1 cm³/mol. The Morgan fingerprint density at radius 3 is 2.96 bits per heavy atom. The summed E-state index contributed by atoms with van der Waals surface area (Å²) in [4.78, 5) is 28.9. The second kappa shape index (κ2) is 6.02. The summed E-state index contributed by atoms with van der Waals surface area (Å²) >= 11 is 7.17. The first-order chi connectivity index (χ1) is 11.0. The summed E-state index contributed by atoms with van der Waals surface area (Å²) in [6.07, 6.45) is 0. The van der Waals surface area contributed by atoms with Crippen LogP contribution in [0.3, 0.4) is 0 Å². The molecule has 0 aliphatic carbocycles. The van der Waals surface area contributed by atoms with Crippen LogP contribution in [0.25, 0.3) is 4.96 Å². The second-order valence-corrected chi connectivity index (χ2v) is 6.14. The molecule has 0 spiro atoms. The van der Waals surface area contributed by atoms with E-state index in [1.807, 2.05) is 12.3 Å². The summed E-state index contributed by atoms with van der Waals surface area (Å²) < 4.78 is 6.69. The molecule has 8 heteroatoms. The van der Waals surface area contributed by atoms with E-state index in [2.05, 4.69) is 4.98 Å². The molecule has 0 unspecified atom stereocenters. The smallest absolute Gasteiger partial charge is 0.338 e. The van der Waals surface area contributed by atoms with E-state index >= 15 is 0 Å². The second-order valence-electron chi connectivity index (χ2n) is 4.89. The van der Waals surface area contributed by atoms with E-state index in [1.54, 1.807) is 0 Å². The van der Waals surface area contributed by atoms with Gasteiger partial charge in [-0.15, -0.1) is 11.3 Å². The molecule has 0 amide bonds. The third-order valence-corrected chi connectivity index (χ3v) is 4.50. The molecule has 0 radical (unpaired) electrons. The normalized spacial score (nSPS) is 10.9. The molecular formula is C15H12ClN3O3S. The van der Waals surface area contributed by atoms with Gasteiger partial charge in [-0.25, -0.2) is 9.78 Å². The number of fused-ring (bicyclic) bond motifs is 1. The van der Waals surface area contributed by atoms with Crippen LogP contribution in [-0.2, 0) is 11.3 Å². The highest BCUT2D eigenvalue weighted by Crippen LogP contribution is 2.20. The Morgan fingerprint density at radius 1 is 1.43 bits per heavy atom. The Hall–Kier alpha value is -2.38. The number of rotatable bonds is 3. The van der Waals surface area contributed by atoms with Gasteiger partial charge >= 0.3 is 5.97 Å². The molecule has 3 aromatic rings. The quantitative estimate of drug-likeness (QED) is 0.580. The minimum Gasteiger partial charge on any atom is -0.456 e. The number of benzene rings is 1. The van der Waals surface area contributed by atoms with Gasteiger partial charge in [-0.1, -0.05) is 11.6 Å². The van der Waals surface area contributed by atoms with Gasteiger partial charge < -0.3 is 10.5 Å². The van der Waals surface area contributed by atoms with E-state index < -0.39 is 5.97 Å². The van der Waals surface area contributed by atoms with Crippen LogP contribution >= 0.6 is 22.9 Å². The molecule has 0 saturated carbocycles. The van der Waals surface area contributed by atoms with E-state index in [-0.39, 0.29) is 17.7 Å². The van der Waals surface area contributed by atoms with Gasteiger partial charge in [-0.2, -0.15) is 0 Å². The van der Waals surface area contributed by atoms with Crippen molar-refractivity contribution in [3.05, 3.63) is 62.0 Å². The molecular weight excluding hydrogens is 338 g/mol. The molecule has 0 aliphatic heterocycles. The van der Waals surface area contributed by atoms with Crippen molar-refractivity contribution in [1.29, 1.82) is 0 Å². The number of carbonyl (C=O) groups excluding carboxylic acids is 1. The fourth-order valence-electron chi connectivity index (χ4n) is 2.07. The first-order valence-electron chi connectivity index (χ1n) is 6.64. The summed E-state index contributed by atoms with van der Waals surface area (Å²) in [5, 5.41) is 2.21. The van der Waals surface area contributed by atoms with Crippen molar-refractivity contribution in [2.75, 3.05) is 5.73 Å². The number of anilines is 1. The molecule has 2 aromatic heterocycles. The standard InChI is InChI=1S/C15H12ClN3O3S/c1-8-7-23-15-18-10(5-13(20)19(8)15)6-22-14(21)9-2-3-11(16)12(17)4-9/h2-5,7H,6,17H2,1H3. The van der Waals surface area contributed by atoms with Crippen LogP contribution in [0.5, 0.6) is 0 Å². The van der Waals surface area contributed by atoms with Gasteiger partial charge in [0.25, 0.3) is 5.56 Å². The molecule has 0 atom stereocenters. The topological polar surface area (TPSA) is 86.7 Å². The molecule has 6 nitrogen and oxygen atoms in total. The maximum atomic E-state index is 12.0. The number of nitrogen functional groups attached to an aromatic ring is 1. The van der Waals surface area contributed by atoms with Crippen LogP contribution in [0.2, 0.25) is 5.02 Å². The first-order valence-corrected chi connectivity index (χ1v) is 7.90. The number of ether oxygens (including phenoxy) is 1. The molecule has 3 rings (SSSR count). The Labute approximate surface area is 140 Å². The average Bonchev–Trinajstić information content (AvgIpc) is 2.89. The zero-order valence-electron chi connectivity index (χ0n) is 12.1. The SMILES string of the molecule is Cc1csc2nc(COC(=O)c3ccc(Cl)c(N)c3)cc(=O)n12. The minimum atomic E-state index is -0.558. The van der Waals surface area contributed by atoms with Crippen molar-refractivity contribution >= 4 is 39.6 Å². The summed E-state index contributed by atoms with van der Waals surface area (Å²) in [5.74, 6) is -0.558. The number of halogens is 1. The van der Waals surface area contributed by atoms with Crippen molar-refractivity contribution in [3.8, 4) is 0 Å². The molecule has 1 aromatic carbocycles. The summed E-state index contributed by atoms with van der Waals surface area (Å²) in [7, 11) is 0. The third kappa shape index (κ3) is 3.06. The lowest BCUT2D eigenvalue weighted by Crippen LogP contribution is -2.16. The Bertz CT molecular complexity index is 964. The summed E-state index contributed by atoms with van der Waals surface area (Å²) in [6, 6.07) is 5.85. The number of hydrogen-bond donors (Lipinski definition) is 1. The summed E-state index contributed by atoms with van der Waals surface area (Å²) in [5.41, 5.74) is 7.26. The van der Waals surface area contributed by atoms with E-state index in [0.717, 1.165) is 5.69 Å². The fourth-order valence-corrected chi connectivity index (χ4v) is 3.08. The number of aryl methyl sites for hydroxylation is 1. The van der Waals surface area contributed by atoms with Crippen LogP contribution in [0.1, 0.15) is 21.7 Å². The highest BCUT2D eigenvalue weighted by molar-refractivity contribution is 7.15. The molecule has 0 fully saturated rings. The monoisotopic (exact) mass is 349 g/mol. The molecule has 23 heavy (non-hydrogen) atoms. The van der Waals surface area contributed by atoms with Gasteiger partial charge in [-0.05, 0) is 25.1 Å². The van der Waals surface area contributed by atoms with E-state index in [1.165, 1.54) is 40.0 Å². The molecule has 2 N–H and O–H groups in total. The van der Waals surface area contributed by atoms with Crippen molar-refractivity contribution in [3.63, 3.8) is 0 Å². The van der Waals surface area contributed by atoms with Crippen molar-refractivity contribution in [1.82, 2.24) is 9.38 Å². The number of nitrogens with two attached hydrogens (primary N) is 1. The van der Waals surface area contributed by atoms with Crippen molar-refractivity contribution < 1.29 is 9.53 Å². The van der Waals surface area contributed by atoms with Crippen LogP contribution in [0, 0.1) is 6.92 Å². The van der Waals surface area contributed by atoms with Gasteiger partial charge in [0.2, 0.25) is 0 Å². The number of aromatic nitrogens is 2. The van der Waals surface area contributed by atoms with Crippen LogP contribution in [0.15, 0.2) is 34.4 Å². The largest absolute Gasteiger partial charge is 0.456 e. The maximum Gasteiger partial charge on any atom is 0.338 e. The van der Waals surface area contributed by atoms with Crippen molar-refractivity contribution in [2.45, 2.75) is 13.5 Å². The third-order valence-electron chi connectivity index (χ3n) is 3.21. The number of esters is 1. The Balaban J connectivity index is 1.79. The van der Waals surface area contributed by atoms with Gasteiger partial charge in [-0.3, -0.25) is 9.20 Å². The lowest BCUT2D eigenvalue weighted by atomic mass is 10.2. The lowest BCUT2D eigenvalue weighted by molar-refractivity contribution is 0.0468. The van der Waals surface area contributed by atoms with Gasteiger partial charge in [0.15, 0.2) is 4.96 Å². The zero-order valence-corrected chi connectivity index (χ0v) is 13.6. The van der Waals surface area contributed by atoms with Gasteiger partial charge in [0.1, 0.15) is 6.61 Å². The zero-order chi connectivity index (χ0) is 16.6. The van der Waals surface area contributed by atoms with E-state index in [4.69, 9.17) is 22.1 Å². The average molecular weight is 350 g/mol. The van der Waals surface area contributed by atoms with E-state index in [9.17, 15) is 9.59 Å². The van der Waals surface area contributed by atoms with Crippen LogP contribution in [0.4, 0.5) is 5.69 Å². The Kier molecular flexibility index (Phi) is 4.06. The highest BCUT2D eigenvalue weighted by atomic mass is 35.5. The molecule has 0 aliphatic rings. The molecule has 2 heterocycles. The molecule has 118 valence electrons. The van der Waals surface area contributed by atoms with E-state index in [0.29, 0.717) is 21.4 Å².